The molecule has 0 spiro atoms. The minimum atomic E-state index is 0.0659. The predicted octanol–water partition coefficient (Wildman–Crippen LogP) is 5.70. The molecule has 6 heteroatoms. The fraction of sp³-hybridized carbons (Fsp3) is 0.480. The second-order valence-corrected chi connectivity index (χ2v) is 10.0. The normalized spacial score (nSPS) is 15.6. The molecule has 0 bridgehead atoms. The van der Waals surface area contributed by atoms with Gasteiger partial charge in [0.2, 0.25) is 5.91 Å². The number of benzene rings is 2. The Hall–Kier alpha value is -1.75. The van der Waals surface area contributed by atoms with Crippen molar-refractivity contribution in [2.24, 2.45) is 5.92 Å². The van der Waals surface area contributed by atoms with Gasteiger partial charge in [-0.1, -0.05) is 62.2 Å². The van der Waals surface area contributed by atoms with Crippen LogP contribution in [-0.4, -0.2) is 37.0 Å². The third-order valence-corrected chi connectivity index (χ3v) is 6.48. The molecular formula is C25H32Cl2N2O2. The number of hydrogen-bond acceptors (Lipinski definition) is 3. The van der Waals surface area contributed by atoms with Crippen molar-refractivity contribution in [1.29, 1.82) is 0 Å². The largest absolute Gasteiger partial charge is 0.492 e. The van der Waals surface area contributed by atoms with E-state index in [1.807, 2.05) is 30.3 Å². The topological polar surface area (TPSA) is 41.6 Å². The third-order valence-electron chi connectivity index (χ3n) is 5.74. The van der Waals surface area contributed by atoms with Crippen LogP contribution >= 0.6 is 23.2 Å². The zero-order chi connectivity index (χ0) is 22.4. The lowest BCUT2D eigenvalue weighted by molar-refractivity contribution is -0.126. The first-order chi connectivity index (χ1) is 14.7. The average Bonchev–Trinajstić information content (AvgIpc) is 2.74. The maximum atomic E-state index is 12.5. The van der Waals surface area contributed by atoms with Crippen molar-refractivity contribution < 1.29 is 9.53 Å². The summed E-state index contributed by atoms with van der Waals surface area (Å²) in [5, 5.41) is 4.18. The number of carbonyl (C=O) groups is 1. The van der Waals surface area contributed by atoms with Crippen LogP contribution in [0, 0.1) is 5.92 Å². The Morgan fingerprint density at radius 2 is 1.74 bits per heavy atom. The van der Waals surface area contributed by atoms with Crippen LogP contribution in [0.15, 0.2) is 42.5 Å². The number of halogens is 2. The molecule has 31 heavy (non-hydrogen) atoms. The summed E-state index contributed by atoms with van der Waals surface area (Å²) in [6, 6.07) is 13.9. The molecule has 3 rings (SSSR count). The van der Waals surface area contributed by atoms with E-state index >= 15 is 0 Å². The highest BCUT2D eigenvalue weighted by molar-refractivity contribution is 6.42. The summed E-state index contributed by atoms with van der Waals surface area (Å²) in [5.74, 6) is 1.02. The molecule has 2 aromatic carbocycles. The number of nitrogens with one attached hydrogen (secondary N) is 1. The van der Waals surface area contributed by atoms with Gasteiger partial charge in [-0.2, -0.15) is 0 Å². The highest BCUT2D eigenvalue weighted by atomic mass is 35.5. The van der Waals surface area contributed by atoms with Crippen molar-refractivity contribution in [3.05, 3.63) is 63.6 Å². The zero-order valence-corrected chi connectivity index (χ0v) is 20.1. The highest BCUT2D eigenvalue weighted by Crippen LogP contribution is 2.25. The predicted molar refractivity (Wildman–Crippen MR) is 128 cm³/mol. The molecule has 0 aromatic heterocycles. The van der Waals surface area contributed by atoms with Crippen molar-refractivity contribution in [1.82, 2.24) is 10.2 Å². The molecule has 1 amide bonds. The van der Waals surface area contributed by atoms with Gasteiger partial charge in [0.25, 0.3) is 0 Å². The van der Waals surface area contributed by atoms with Crippen molar-refractivity contribution in [2.45, 2.75) is 45.6 Å². The van der Waals surface area contributed by atoms with Crippen molar-refractivity contribution in [3.8, 4) is 5.75 Å². The van der Waals surface area contributed by atoms with Gasteiger partial charge in [0, 0.05) is 12.5 Å². The molecule has 1 aliphatic rings. The first-order valence-corrected chi connectivity index (χ1v) is 11.7. The molecule has 1 aliphatic heterocycles. The van der Waals surface area contributed by atoms with Crippen molar-refractivity contribution in [3.63, 3.8) is 0 Å². The van der Waals surface area contributed by atoms with E-state index in [-0.39, 0.29) is 17.2 Å². The second kappa shape index (κ2) is 10.7. The van der Waals surface area contributed by atoms with E-state index in [0.29, 0.717) is 23.2 Å². The van der Waals surface area contributed by atoms with Gasteiger partial charge >= 0.3 is 0 Å². The number of likely N-dealkylation sites (tertiary alicyclic amines) is 1. The highest BCUT2D eigenvalue weighted by Gasteiger charge is 2.24. The molecule has 4 nitrogen and oxygen atoms in total. The fourth-order valence-electron chi connectivity index (χ4n) is 3.79. The van der Waals surface area contributed by atoms with Gasteiger partial charge in [0.15, 0.2) is 0 Å². The number of amides is 1. The summed E-state index contributed by atoms with van der Waals surface area (Å²) in [7, 11) is 0. The van der Waals surface area contributed by atoms with E-state index in [1.165, 1.54) is 5.56 Å². The number of rotatable bonds is 7. The number of hydrogen-bond donors (Lipinski definition) is 1. The maximum absolute atomic E-state index is 12.5. The average molecular weight is 463 g/mol. The lowest BCUT2D eigenvalue weighted by Crippen LogP contribution is -2.41. The van der Waals surface area contributed by atoms with Crippen LogP contribution in [0.5, 0.6) is 5.75 Å². The van der Waals surface area contributed by atoms with E-state index in [2.05, 4.69) is 43.1 Å². The second-order valence-electron chi connectivity index (χ2n) is 9.21. The molecule has 1 fully saturated rings. The van der Waals surface area contributed by atoms with Gasteiger partial charge < -0.3 is 10.1 Å². The Morgan fingerprint density at radius 3 is 2.35 bits per heavy atom. The van der Waals surface area contributed by atoms with Crippen LogP contribution in [0.25, 0.3) is 0 Å². The summed E-state index contributed by atoms with van der Waals surface area (Å²) >= 11 is 12.1. The molecule has 1 N–H and O–H groups in total. The smallest absolute Gasteiger partial charge is 0.223 e. The molecule has 0 aliphatic carbocycles. The Labute approximate surface area is 195 Å². The zero-order valence-electron chi connectivity index (χ0n) is 18.6. The minimum absolute atomic E-state index is 0.0659. The number of nitrogens with zero attached hydrogens (tertiary/aromatic N) is 1. The van der Waals surface area contributed by atoms with Gasteiger partial charge in [-0.15, -0.1) is 0 Å². The lowest BCUT2D eigenvalue weighted by Gasteiger charge is -2.31. The van der Waals surface area contributed by atoms with E-state index in [0.717, 1.165) is 43.8 Å². The Balaban J connectivity index is 1.35. The standard InChI is InChI=1S/C25H32Cl2N2O2/c1-25(2,3)20-5-7-21(8-6-20)31-15-12-28-24(30)19-10-13-29(14-11-19)17-18-4-9-22(26)23(27)16-18/h4-9,16,19H,10-15,17H2,1-3H3,(H,28,30). The Kier molecular flexibility index (Phi) is 8.26. The molecule has 1 saturated heterocycles. The van der Waals surface area contributed by atoms with Crippen LogP contribution in [0.3, 0.4) is 0 Å². The molecule has 0 saturated carbocycles. The maximum Gasteiger partial charge on any atom is 0.223 e. The molecule has 0 unspecified atom stereocenters. The van der Waals surface area contributed by atoms with Crippen LogP contribution < -0.4 is 10.1 Å². The van der Waals surface area contributed by atoms with Crippen molar-refractivity contribution in [2.75, 3.05) is 26.2 Å². The van der Waals surface area contributed by atoms with Crippen molar-refractivity contribution >= 4 is 29.1 Å². The van der Waals surface area contributed by atoms with Gasteiger partial charge in [0.1, 0.15) is 12.4 Å². The summed E-state index contributed by atoms with van der Waals surface area (Å²) in [6.45, 7) is 10.2. The minimum Gasteiger partial charge on any atom is -0.492 e. The molecule has 0 atom stereocenters. The first-order valence-electron chi connectivity index (χ1n) is 10.9. The summed E-state index contributed by atoms with van der Waals surface area (Å²) in [6.07, 6.45) is 1.73. The fourth-order valence-corrected chi connectivity index (χ4v) is 4.11. The van der Waals surface area contributed by atoms with Gasteiger partial charge in [-0.05, 0) is 66.7 Å². The lowest BCUT2D eigenvalue weighted by atomic mass is 9.87. The molecule has 0 radical (unpaired) electrons. The van der Waals surface area contributed by atoms with E-state index in [9.17, 15) is 4.79 Å². The van der Waals surface area contributed by atoms with Crippen LogP contribution in [0.4, 0.5) is 0 Å². The monoisotopic (exact) mass is 462 g/mol. The summed E-state index contributed by atoms with van der Waals surface area (Å²) in [4.78, 5) is 14.8. The van der Waals surface area contributed by atoms with E-state index in [4.69, 9.17) is 27.9 Å². The van der Waals surface area contributed by atoms with Crippen LogP contribution in [0.2, 0.25) is 10.0 Å². The Morgan fingerprint density at radius 1 is 1.06 bits per heavy atom. The van der Waals surface area contributed by atoms with Crippen LogP contribution in [0.1, 0.15) is 44.7 Å². The number of ether oxygens (including phenoxy) is 1. The molecule has 1 heterocycles. The first kappa shape index (κ1) is 23.9. The SMILES string of the molecule is CC(C)(C)c1ccc(OCCNC(=O)C2CCN(Cc3ccc(Cl)c(Cl)c3)CC2)cc1. The van der Waals surface area contributed by atoms with Gasteiger partial charge in [0.05, 0.1) is 16.6 Å². The quantitative estimate of drug-likeness (QED) is 0.536. The van der Waals surface area contributed by atoms with Crippen LogP contribution in [-0.2, 0) is 16.8 Å². The van der Waals surface area contributed by atoms with Gasteiger partial charge in [-0.25, -0.2) is 0 Å². The summed E-state index contributed by atoms with van der Waals surface area (Å²) < 4.78 is 5.77. The number of carbonyl (C=O) groups excluding carboxylic acids is 1. The van der Waals surface area contributed by atoms with E-state index < -0.39 is 0 Å². The third kappa shape index (κ3) is 7.13. The summed E-state index contributed by atoms with van der Waals surface area (Å²) in [5.41, 5.74) is 2.55. The Bertz CT molecular complexity index is 870. The van der Waals surface area contributed by atoms with Gasteiger partial charge in [-0.3, -0.25) is 9.69 Å². The van der Waals surface area contributed by atoms with E-state index in [1.54, 1.807) is 0 Å². The molecule has 168 valence electrons. The molecular weight excluding hydrogens is 431 g/mol. The molecule has 2 aromatic rings. The number of piperidine rings is 1.